The van der Waals surface area contributed by atoms with E-state index in [0.29, 0.717) is 30.8 Å². The van der Waals surface area contributed by atoms with Crippen LogP contribution >= 0.6 is 0 Å². The number of rotatable bonds is 8. The number of amides is 3. The summed E-state index contributed by atoms with van der Waals surface area (Å²) in [5.41, 5.74) is 1.16. The van der Waals surface area contributed by atoms with Crippen LogP contribution in [-0.2, 0) is 31.3 Å². The first-order valence-corrected chi connectivity index (χ1v) is 17.2. The van der Waals surface area contributed by atoms with Gasteiger partial charge in [0.05, 0.1) is 19.1 Å². The number of hydrogen-bond acceptors (Lipinski definition) is 6. The highest BCUT2D eigenvalue weighted by molar-refractivity contribution is 6.71. The van der Waals surface area contributed by atoms with Gasteiger partial charge in [0.25, 0.3) is 5.91 Å². The molecule has 0 saturated carbocycles. The minimum Gasteiger partial charge on any atom is -0.432 e. The highest BCUT2D eigenvalue weighted by Gasteiger charge is 2.65. The molecule has 3 N–H and O–H groups in total. The summed E-state index contributed by atoms with van der Waals surface area (Å²) in [6.07, 6.45) is 1.57. The lowest BCUT2D eigenvalue weighted by atomic mass is 9.82. The normalized spacial score (nSPS) is 26.2. The Morgan fingerprint density at radius 1 is 1.18 bits per heavy atom. The third-order valence-corrected chi connectivity index (χ3v) is 11.2. The standard InChI is InChI=1S/C30H39N3O6Si/c1-20-28(40(2,3)38)25(18-27(36)32(15-16-34)19-21-9-5-4-6-10-21)39-30(20)23-17-22(12-13-24(23)31-29(30)37)33-14-8-7-11-26(33)35/h4-6,9-10,12-13,17,20,25,28,34,38H,7-8,11,14-16,18-19H2,1-3H3,(H,31,37)/t20-,25+,28-,30+/m0/s1. The Hall–Kier alpha value is -3.05. The molecule has 1 spiro atoms. The molecular formula is C30H39N3O6Si. The predicted molar refractivity (Wildman–Crippen MR) is 154 cm³/mol. The van der Waals surface area contributed by atoms with Gasteiger partial charge >= 0.3 is 0 Å². The number of carbonyl (C=O) groups is 3. The molecular weight excluding hydrogens is 526 g/mol. The molecule has 3 aliphatic heterocycles. The van der Waals surface area contributed by atoms with Crippen LogP contribution < -0.4 is 10.2 Å². The topological polar surface area (TPSA) is 119 Å². The summed E-state index contributed by atoms with van der Waals surface area (Å²) in [4.78, 5) is 54.8. The largest absolute Gasteiger partial charge is 0.432 e. The van der Waals surface area contributed by atoms with Gasteiger partial charge in [-0.15, -0.1) is 0 Å². The van der Waals surface area contributed by atoms with Crippen LogP contribution in [-0.4, -0.2) is 66.6 Å². The van der Waals surface area contributed by atoms with Crippen molar-refractivity contribution < 1.29 is 29.0 Å². The van der Waals surface area contributed by atoms with Gasteiger partial charge in [0.2, 0.25) is 11.8 Å². The van der Waals surface area contributed by atoms with E-state index >= 15 is 0 Å². The lowest BCUT2D eigenvalue weighted by Crippen LogP contribution is -2.44. The van der Waals surface area contributed by atoms with E-state index < -0.39 is 31.5 Å². The van der Waals surface area contributed by atoms with Crippen LogP contribution in [0.4, 0.5) is 11.4 Å². The first-order valence-electron chi connectivity index (χ1n) is 14.2. The van der Waals surface area contributed by atoms with Gasteiger partial charge in [-0.1, -0.05) is 37.3 Å². The monoisotopic (exact) mass is 565 g/mol. The van der Waals surface area contributed by atoms with Gasteiger partial charge in [-0.3, -0.25) is 14.4 Å². The zero-order chi connectivity index (χ0) is 28.7. The maximum absolute atomic E-state index is 13.7. The Kier molecular flexibility index (Phi) is 7.89. The second-order valence-electron chi connectivity index (χ2n) is 11.8. The van der Waals surface area contributed by atoms with Crippen molar-refractivity contribution >= 4 is 37.4 Å². The smallest absolute Gasteiger partial charge is 0.261 e. The van der Waals surface area contributed by atoms with Crippen LogP contribution in [0.1, 0.15) is 43.7 Å². The van der Waals surface area contributed by atoms with Gasteiger partial charge in [-0.05, 0) is 49.7 Å². The number of benzene rings is 2. The molecule has 0 radical (unpaired) electrons. The van der Waals surface area contributed by atoms with Crippen molar-refractivity contribution in [2.24, 2.45) is 5.92 Å². The summed E-state index contributed by atoms with van der Waals surface area (Å²) in [6, 6.07) is 15.1. The van der Waals surface area contributed by atoms with Crippen LogP contribution in [0.15, 0.2) is 48.5 Å². The summed E-state index contributed by atoms with van der Waals surface area (Å²) < 4.78 is 6.67. The molecule has 2 aromatic carbocycles. The molecule has 9 nitrogen and oxygen atoms in total. The number of piperidine rings is 1. The van der Waals surface area contributed by atoms with E-state index in [1.165, 1.54) is 0 Å². The molecule has 3 amide bonds. The van der Waals surface area contributed by atoms with E-state index in [4.69, 9.17) is 4.74 Å². The molecule has 5 rings (SSSR count). The number of hydrogen-bond donors (Lipinski definition) is 3. The van der Waals surface area contributed by atoms with E-state index in [1.54, 1.807) is 9.80 Å². The molecule has 214 valence electrons. The lowest BCUT2D eigenvalue weighted by molar-refractivity contribution is -0.148. The van der Waals surface area contributed by atoms with Gasteiger partial charge in [0, 0.05) is 54.5 Å². The highest BCUT2D eigenvalue weighted by Crippen LogP contribution is 2.58. The second kappa shape index (κ2) is 11.1. The number of nitrogens with zero attached hydrogens (tertiary/aromatic N) is 2. The van der Waals surface area contributed by atoms with Gasteiger partial charge < -0.3 is 29.8 Å². The van der Waals surface area contributed by atoms with E-state index in [9.17, 15) is 24.3 Å². The maximum atomic E-state index is 13.7. The molecule has 2 saturated heterocycles. The van der Waals surface area contributed by atoms with Crippen LogP contribution in [0.25, 0.3) is 0 Å². The van der Waals surface area contributed by atoms with Crippen molar-refractivity contribution in [1.82, 2.24) is 4.90 Å². The lowest BCUT2D eigenvalue weighted by Gasteiger charge is -2.33. The van der Waals surface area contributed by atoms with Crippen LogP contribution in [0.2, 0.25) is 18.6 Å². The van der Waals surface area contributed by atoms with Crippen molar-refractivity contribution in [2.45, 2.75) is 69.5 Å². The Bertz CT molecular complexity index is 1280. The summed E-state index contributed by atoms with van der Waals surface area (Å²) in [5, 5.41) is 12.6. The summed E-state index contributed by atoms with van der Waals surface area (Å²) in [5.74, 6) is -0.870. The van der Waals surface area contributed by atoms with Crippen molar-refractivity contribution in [2.75, 3.05) is 29.9 Å². The first-order chi connectivity index (χ1) is 19.1. The van der Waals surface area contributed by atoms with Gasteiger partial charge in [-0.2, -0.15) is 0 Å². The number of fused-ring (bicyclic) bond motifs is 2. The average molecular weight is 566 g/mol. The van der Waals surface area contributed by atoms with Gasteiger partial charge in [0.15, 0.2) is 13.9 Å². The predicted octanol–water partition coefficient (Wildman–Crippen LogP) is 3.36. The molecule has 10 heteroatoms. The summed E-state index contributed by atoms with van der Waals surface area (Å²) in [7, 11) is -2.94. The minimum atomic E-state index is -2.94. The fourth-order valence-electron chi connectivity index (χ4n) is 6.85. The van der Waals surface area contributed by atoms with E-state index in [1.807, 2.05) is 68.5 Å². The van der Waals surface area contributed by atoms with E-state index in [2.05, 4.69) is 5.32 Å². The number of anilines is 2. The summed E-state index contributed by atoms with van der Waals surface area (Å²) in [6.45, 7) is 6.52. The quantitative estimate of drug-likeness (QED) is 0.423. The zero-order valence-corrected chi connectivity index (χ0v) is 24.4. The second-order valence-corrected chi connectivity index (χ2v) is 15.7. The van der Waals surface area contributed by atoms with Crippen molar-refractivity contribution in [3.8, 4) is 0 Å². The third-order valence-electron chi connectivity index (χ3n) is 8.67. The number of carbonyl (C=O) groups excluding carboxylic acids is 3. The third kappa shape index (κ3) is 5.09. The molecule has 3 aliphatic rings. The molecule has 0 aromatic heterocycles. The number of aliphatic hydroxyl groups excluding tert-OH is 1. The molecule has 0 aliphatic carbocycles. The summed E-state index contributed by atoms with van der Waals surface area (Å²) >= 11 is 0. The van der Waals surface area contributed by atoms with E-state index in [-0.39, 0.29) is 37.3 Å². The van der Waals surface area contributed by atoms with Crippen molar-refractivity contribution in [1.29, 1.82) is 0 Å². The molecule has 2 aromatic rings. The molecule has 40 heavy (non-hydrogen) atoms. The number of ether oxygens (including phenoxy) is 1. The molecule has 4 atom stereocenters. The first kappa shape index (κ1) is 28.5. The van der Waals surface area contributed by atoms with Gasteiger partial charge in [-0.25, -0.2) is 0 Å². The molecule has 3 heterocycles. The Morgan fingerprint density at radius 3 is 2.60 bits per heavy atom. The molecule has 0 bridgehead atoms. The van der Waals surface area contributed by atoms with Crippen LogP contribution in [0, 0.1) is 5.92 Å². The fourth-order valence-corrected chi connectivity index (χ4v) is 9.40. The maximum Gasteiger partial charge on any atom is 0.261 e. The van der Waals surface area contributed by atoms with Crippen molar-refractivity contribution in [3.05, 3.63) is 59.7 Å². The fraction of sp³-hybridized carbons (Fsp3) is 0.500. The van der Waals surface area contributed by atoms with Crippen LogP contribution in [0.3, 0.4) is 0 Å². The van der Waals surface area contributed by atoms with Gasteiger partial charge in [0.1, 0.15) is 0 Å². The Balaban J connectivity index is 1.47. The SMILES string of the molecule is C[C@H]1[C@H]([Si](C)(C)O)[C@@H](CC(=O)N(CCO)Cc2ccccc2)O[C@]12C(=O)Nc1ccc(N3CCCCC3=O)cc12. The van der Waals surface area contributed by atoms with Crippen molar-refractivity contribution in [3.63, 3.8) is 0 Å². The highest BCUT2D eigenvalue weighted by atomic mass is 28.4. The molecule has 0 unspecified atom stereocenters. The van der Waals surface area contributed by atoms with E-state index in [0.717, 1.165) is 24.1 Å². The number of nitrogens with one attached hydrogen (secondary N) is 1. The molecule has 2 fully saturated rings. The zero-order valence-electron chi connectivity index (χ0n) is 23.4. The minimum absolute atomic E-state index is 0.0203. The van der Waals surface area contributed by atoms with Crippen LogP contribution in [0.5, 0.6) is 0 Å². The average Bonchev–Trinajstić information content (AvgIpc) is 3.37. The Morgan fingerprint density at radius 2 is 1.93 bits per heavy atom. The Labute approximate surface area is 236 Å². The number of aliphatic hydroxyl groups is 1.